The van der Waals surface area contributed by atoms with E-state index in [4.69, 9.17) is 5.84 Å². The molecule has 0 aliphatic rings. The number of hydrogen-bond acceptors (Lipinski definition) is 3. The van der Waals surface area contributed by atoms with E-state index in [0.29, 0.717) is 0 Å². The van der Waals surface area contributed by atoms with E-state index >= 15 is 0 Å². The Morgan fingerprint density at radius 3 is 2.40 bits per heavy atom. The van der Waals surface area contributed by atoms with E-state index in [0.717, 1.165) is 23.4 Å². The second-order valence-corrected chi connectivity index (χ2v) is 3.19. The molecule has 1 aromatic rings. The number of nitrogens with two attached hydrogens (primary N) is 1. The zero-order valence-corrected chi connectivity index (χ0v) is 8.95. The minimum atomic E-state index is -0.0778. The Morgan fingerprint density at radius 1 is 1.40 bits per heavy atom. The van der Waals surface area contributed by atoms with Crippen molar-refractivity contribution < 1.29 is 4.79 Å². The van der Waals surface area contributed by atoms with Crippen molar-refractivity contribution in [3.8, 4) is 0 Å². The van der Waals surface area contributed by atoms with Crippen molar-refractivity contribution in [2.45, 2.75) is 20.3 Å². The smallest absolute Gasteiger partial charge is 0.221 e. The van der Waals surface area contributed by atoms with Gasteiger partial charge in [0, 0.05) is 12.6 Å². The highest BCUT2D eigenvalue weighted by Crippen LogP contribution is 2.11. The van der Waals surface area contributed by atoms with Crippen LogP contribution in [0.25, 0.3) is 0 Å². The lowest BCUT2D eigenvalue weighted by atomic mass is 10.1. The number of hydrazone groups is 1. The molecule has 0 aromatic heterocycles. The van der Waals surface area contributed by atoms with Gasteiger partial charge in [-0.2, -0.15) is 5.10 Å². The maximum atomic E-state index is 10.8. The summed E-state index contributed by atoms with van der Waals surface area (Å²) in [4.78, 5) is 10.8. The fourth-order valence-electron chi connectivity index (χ4n) is 1.32. The number of nitrogens with zero attached hydrogens (tertiary/aromatic N) is 1. The molecule has 15 heavy (non-hydrogen) atoms. The number of rotatable bonds is 3. The van der Waals surface area contributed by atoms with Crippen molar-refractivity contribution in [3.63, 3.8) is 0 Å². The van der Waals surface area contributed by atoms with Crippen molar-refractivity contribution in [1.29, 1.82) is 0 Å². The summed E-state index contributed by atoms with van der Waals surface area (Å²) in [7, 11) is 0. The zero-order valence-electron chi connectivity index (χ0n) is 8.95. The summed E-state index contributed by atoms with van der Waals surface area (Å²) in [5, 5.41) is 6.39. The molecule has 4 nitrogen and oxygen atoms in total. The number of anilines is 1. The van der Waals surface area contributed by atoms with E-state index in [2.05, 4.69) is 10.4 Å². The van der Waals surface area contributed by atoms with Crippen LogP contribution in [-0.4, -0.2) is 11.6 Å². The fourth-order valence-corrected chi connectivity index (χ4v) is 1.32. The van der Waals surface area contributed by atoms with E-state index < -0.39 is 0 Å². The topological polar surface area (TPSA) is 67.5 Å². The average Bonchev–Trinajstić information content (AvgIpc) is 2.21. The summed E-state index contributed by atoms with van der Waals surface area (Å²) in [5.74, 6) is 5.17. The molecular weight excluding hydrogens is 190 g/mol. The van der Waals surface area contributed by atoms with Crippen LogP contribution in [0.4, 0.5) is 5.69 Å². The molecule has 4 heteroatoms. The molecule has 0 saturated heterocycles. The normalized spacial score (nSPS) is 11.2. The fraction of sp³-hybridized carbons (Fsp3) is 0.273. The van der Waals surface area contributed by atoms with Crippen LogP contribution in [0.15, 0.2) is 29.4 Å². The van der Waals surface area contributed by atoms with Crippen LogP contribution in [-0.2, 0) is 4.79 Å². The minimum absolute atomic E-state index is 0.0778. The Kier molecular flexibility index (Phi) is 3.85. The lowest BCUT2D eigenvalue weighted by Gasteiger charge is -2.05. The van der Waals surface area contributed by atoms with Crippen LogP contribution >= 0.6 is 0 Å². The van der Waals surface area contributed by atoms with Crippen LogP contribution in [0.3, 0.4) is 0 Å². The van der Waals surface area contributed by atoms with Gasteiger partial charge in [0.25, 0.3) is 0 Å². The quantitative estimate of drug-likeness (QED) is 0.448. The molecule has 0 radical (unpaired) electrons. The van der Waals surface area contributed by atoms with Gasteiger partial charge in [0.05, 0.1) is 5.71 Å². The first kappa shape index (κ1) is 11.2. The molecule has 0 saturated carbocycles. The van der Waals surface area contributed by atoms with Gasteiger partial charge in [-0.25, -0.2) is 0 Å². The van der Waals surface area contributed by atoms with Gasteiger partial charge in [0.1, 0.15) is 0 Å². The number of carbonyl (C=O) groups is 1. The molecule has 1 rings (SSSR count). The largest absolute Gasteiger partial charge is 0.326 e. The number of hydrogen-bond donors (Lipinski definition) is 2. The highest BCUT2D eigenvalue weighted by atomic mass is 16.1. The van der Waals surface area contributed by atoms with E-state index in [1.165, 1.54) is 6.92 Å². The average molecular weight is 205 g/mol. The Hall–Kier alpha value is -1.84. The van der Waals surface area contributed by atoms with Crippen molar-refractivity contribution in [3.05, 3.63) is 29.8 Å². The summed E-state index contributed by atoms with van der Waals surface area (Å²) in [6, 6.07) is 7.44. The molecule has 0 atom stereocenters. The third-order valence-electron chi connectivity index (χ3n) is 2.03. The molecular formula is C11H15N3O. The molecule has 0 fully saturated rings. The molecule has 1 aromatic carbocycles. The van der Waals surface area contributed by atoms with E-state index in [-0.39, 0.29) is 5.91 Å². The monoisotopic (exact) mass is 205 g/mol. The summed E-state index contributed by atoms with van der Waals surface area (Å²) in [5.41, 5.74) is 2.61. The molecule has 0 spiro atoms. The Morgan fingerprint density at radius 2 is 2.00 bits per heavy atom. The Balaban J connectivity index is 2.85. The SMILES string of the molecule is CCC(=NN)c1ccc(NC(C)=O)cc1. The third kappa shape index (κ3) is 3.09. The summed E-state index contributed by atoms with van der Waals surface area (Å²) in [6.45, 7) is 3.47. The van der Waals surface area contributed by atoms with E-state index in [1.54, 1.807) is 0 Å². The second kappa shape index (κ2) is 5.14. The molecule has 1 amide bonds. The van der Waals surface area contributed by atoms with Gasteiger partial charge >= 0.3 is 0 Å². The Bertz CT molecular complexity index is 368. The molecule has 0 bridgehead atoms. The summed E-state index contributed by atoms with van der Waals surface area (Å²) in [6.07, 6.45) is 0.788. The van der Waals surface area contributed by atoms with Crippen LogP contribution in [0.2, 0.25) is 0 Å². The first-order chi connectivity index (χ1) is 7.17. The van der Waals surface area contributed by atoms with Crippen molar-refractivity contribution in [1.82, 2.24) is 0 Å². The maximum absolute atomic E-state index is 10.8. The standard InChI is InChI=1S/C11H15N3O/c1-3-11(14-12)9-4-6-10(7-5-9)13-8(2)15/h4-7H,3,12H2,1-2H3,(H,13,15). The van der Waals surface area contributed by atoms with Gasteiger partial charge in [0.15, 0.2) is 0 Å². The molecule has 0 aliphatic carbocycles. The number of amides is 1. The number of benzene rings is 1. The lowest BCUT2D eigenvalue weighted by Crippen LogP contribution is -2.06. The number of nitrogens with one attached hydrogen (secondary N) is 1. The molecule has 0 aliphatic heterocycles. The van der Waals surface area contributed by atoms with Gasteiger partial charge in [-0.05, 0) is 24.1 Å². The van der Waals surface area contributed by atoms with Crippen molar-refractivity contribution in [2.24, 2.45) is 10.9 Å². The number of carbonyl (C=O) groups excluding carboxylic acids is 1. The second-order valence-electron chi connectivity index (χ2n) is 3.19. The summed E-state index contributed by atoms with van der Waals surface area (Å²) < 4.78 is 0. The van der Waals surface area contributed by atoms with Gasteiger partial charge < -0.3 is 11.2 Å². The van der Waals surface area contributed by atoms with Gasteiger partial charge in [-0.1, -0.05) is 19.1 Å². The van der Waals surface area contributed by atoms with Crippen LogP contribution in [0.5, 0.6) is 0 Å². The first-order valence-corrected chi connectivity index (χ1v) is 4.82. The van der Waals surface area contributed by atoms with Gasteiger partial charge in [-0.3, -0.25) is 4.79 Å². The van der Waals surface area contributed by atoms with Crippen LogP contribution < -0.4 is 11.2 Å². The van der Waals surface area contributed by atoms with Crippen LogP contribution in [0.1, 0.15) is 25.8 Å². The Labute approximate surface area is 89.2 Å². The summed E-state index contributed by atoms with van der Waals surface area (Å²) >= 11 is 0. The van der Waals surface area contributed by atoms with Gasteiger partial charge in [-0.15, -0.1) is 0 Å². The van der Waals surface area contributed by atoms with E-state index in [1.807, 2.05) is 31.2 Å². The highest BCUT2D eigenvalue weighted by Gasteiger charge is 2.01. The third-order valence-corrected chi connectivity index (χ3v) is 2.03. The minimum Gasteiger partial charge on any atom is -0.326 e. The van der Waals surface area contributed by atoms with E-state index in [9.17, 15) is 4.79 Å². The van der Waals surface area contributed by atoms with Gasteiger partial charge in [0.2, 0.25) is 5.91 Å². The zero-order chi connectivity index (χ0) is 11.3. The molecule has 0 heterocycles. The van der Waals surface area contributed by atoms with Crippen molar-refractivity contribution >= 4 is 17.3 Å². The predicted octanol–water partition coefficient (Wildman–Crippen LogP) is 1.72. The maximum Gasteiger partial charge on any atom is 0.221 e. The van der Waals surface area contributed by atoms with Crippen molar-refractivity contribution in [2.75, 3.05) is 5.32 Å². The lowest BCUT2D eigenvalue weighted by molar-refractivity contribution is -0.114. The molecule has 0 unspecified atom stereocenters. The van der Waals surface area contributed by atoms with Crippen LogP contribution in [0, 0.1) is 0 Å². The molecule has 80 valence electrons. The predicted molar refractivity (Wildman–Crippen MR) is 61.8 cm³/mol. The first-order valence-electron chi connectivity index (χ1n) is 4.82. The molecule has 3 N–H and O–H groups in total. The highest BCUT2D eigenvalue weighted by molar-refractivity contribution is 6.00.